The third kappa shape index (κ3) is 4.09. The number of aromatic carboxylic acids is 1. The van der Waals surface area contributed by atoms with Gasteiger partial charge in [-0.25, -0.2) is 4.79 Å². The fraction of sp³-hybridized carbons (Fsp3) is 0.0714. The van der Waals surface area contributed by atoms with Gasteiger partial charge in [0.05, 0.1) is 5.56 Å². The lowest BCUT2D eigenvalue weighted by Crippen LogP contribution is -1.97. The number of rotatable bonds is 4. The van der Waals surface area contributed by atoms with Gasteiger partial charge in [-0.3, -0.25) is 0 Å². The van der Waals surface area contributed by atoms with Gasteiger partial charge in [0, 0.05) is 19.6 Å². The second kappa shape index (κ2) is 6.59. The number of carboxylic acids is 1. The number of hydrogen-bond acceptors (Lipinski definition) is 2. The number of benzene rings is 2. The average Bonchev–Trinajstić information content (AvgIpc) is 2.39. The molecule has 0 unspecified atom stereocenters. The molecular weight excluding hydrogens is 392 g/mol. The molecule has 0 bridgehead atoms. The highest BCUT2D eigenvalue weighted by Crippen LogP contribution is 2.27. The minimum atomic E-state index is -0.919. The lowest BCUT2D eigenvalue weighted by atomic mass is 10.2. The van der Waals surface area contributed by atoms with Crippen molar-refractivity contribution in [1.82, 2.24) is 0 Å². The van der Waals surface area contributed by atoms with E-state index in [0.29, 0.717) is 10.0 Å². The molecule has 5 heteroatoms. The van der Waals surface area contributed by atoms with Crippen molar-refractivity contribution in [3.8, 4) is 0 Å². The van der Waals surface area contributed by atoms with E-state index in [1.54, 1.807) is 23.9 Å². The summed E-state index contributed by atoms with van der Waals surface area (Å²) in [7, 11) is 0. The molecular formula is C14H10Br2O2S. The summed E-state index contributed by atoms with van der Waals surface area (Å²) in [6, 6.07) is 13.5. The highest BCUT2D eigenvalue weighted by Gasteiger charge is 2.09. The summed E-state index contributed by atoms with van der Waals surface area (Å²) in [6.45, 7) is 0. The normalized spacial score (nSPS) is 10.4. The van der Waals surface area contributed by atoms with E-state index in [0.717, 1.165) is 15.1 Å². The Kier molecular flexibility index (Phi) is 5.07. The maximum atomic E-state index is 11.0. The van der Waals surface area contributed by atoms with Gasteiger partial charge in [0.15, 0.2) is 0 Å². The van der Waals surface area contributed by atoms with Gasteiger partial charge in [-0.15, -0.1) is 11.8 Å². The van der Waals surface area contributed by atoms with Gasteiger partial charge in [-0.05, 0) is 51.8 Å². The van der Waals surface area contributed by atoms with Crippen molar-refractivity contribution in [3.05, 3.63) is 62.5 Å². The topological polar surface area (TPSA) is 37.3 Å². The molecule has 98 valence electrons. The van der Waals surface area contributed by atoms with Crippen LogP contribution in [0.25, 0.3) is 0 Å². The Labute approximate surface area is 132 Å². The molecule has 0 radical (unpaired) electrons. The standard InChI is InChI=1S/C14H10Br2O2S/c15-10-3-1-9(2-4-10)8-19-11-5-6-13(16)12(7-11)14(17)18/h1-7H,8H2,(H,17,18). The Morgan fingerprint density at radius 2 is 1.79 bits per heavy atom. The first-order valence-electron chi connectivity index (χ1n) is 5.46. The van der Waals surface area contributed by atoms with Gasteiger partial charge >= 0.3 is 5.97 Å². The Balaban J connectivity index is 2.09. The number of carboxylic acid groups (broad SMARTS) is 1. The van der Waals surface area contributed by atoms with Crippen molar-refractivity contribution in [1.29, 1.82) is 0 Å². The fourth-order valence-electron chi connectivity index (χ4n) is 1.51. The number of carbonyl (C=O) groups is 1. The summed E-state index contributed by atoms with van der Waals surface area (Å²) >= 11 is 8.26. The van der Waals surface area contributed by atoms with Crippen LogP contribution in [0.3, 0.4) is 0 Å². The van der Waals surface area contributed by atoms with E-state index in [-0.39, 0.29) is 0 Å². The molecule has 2 aromatic rings. The summed E-state index contributed by atoms with van der Waals surface area (Å²) in [4.78, 5) is 12.0. The number of hydrogen-bond donors (Lipinski definition) is 1. The van der Waals surface area contributed by atoms with Crippen molar-refractivity contribution < 1.29 is 9.90 Å². The first-order chi connectivity index (χ1) is 9.06. The highest BCUT2D eigenvalue weighted by molar-refractivity contribution is 9.10. The monoisotopic (exact) mass is 400 g/mol. The average molecular weight is 402 g/mol. The third-order valence-corrected chi connectivity index (χ3v) is 4.77. The highest BCUT2D eigenvalue weighted by atomic mass is 79.9. The quantitative estimate of drug-likeness (QED) is 0.715. The van der Waals surface area contributed by atoms with Crippen LogP contribution in [0.15, 0.2) is 56.3 Å². The molecule has 0 aliphatic heterocycles. The van der Waals surface area contributed by atoms with E-state index >= 15 is 0 Å². The molecule has 0 heterocycles. The van der Waals surface area contributed by atoms with E-state index in [4.69, 9.17) is 5.11 Å². The summed E-state index contributed by atoms with van der Waals surface area (Å²) in [6.07, 6.45) is 0. The Morgan fingerprint density at radius 1 is 1.11 bits per heavy atom. The molecule has 0 aromatic heterocycles. The fourth-order valence-corrected chi connectivity index (χ4v) is 3.08. The summed E-state index contributed by atoms with van der Waals surface area (Å²) in [5.41, 5.74) is 1.49. The SMILES string of the molecule is O=C(O)c1cc(SCc2ccc(Br)cc2)ccc1Br. The first kappa shape index (κ1) is 14.6. The third-order valence-electron chi connectivity index (χ3n) is 2.49. The Morgan fingerprint density at radius 3 is 2.42 bits per heavy atom. The predicted molar refractivity (Wildman–Crippen MR) is 84.8 cm³/mol. The first-order valence-corrected chi connectivity index (χ1v) is 8.03. The second-order valence-corrected chi connectivity index (χ2v) is 6.68. The van der Waals surface area contributed by atoms with E-state index in [2.05, 4.69) is 31.9 Å². The molecule has 2 rings (SSSR count). The van der Waals surface area contributed by atoms with Crippen LogP contribution in [-0.2, 0) is 5.75 Å². The zero-order valence-corrected chi connectivity index (χ0v) is 13.8. The molecule has 19 heavy (non-hydrogen) atoms. The molecule has 2 aromatic carbocycles. The van der Waals surface area contributed by atoms with E-state index < -0.39 is 5.97 Å². The molecule has 0 atom stereocenters. The van der Waals surface area contributed by atoms with Gasteiger partial charge in [0.25, 0.3) is 0 Å². The molecule has 0 spiro atoms. The lowest BCUT2D eigenvalue weighted by Gasteiger charge is -2.05. The molecule has 0 amide bonds. The zero-order valence-electron chi connectivity index (χ0n) is 9.77. The van der Waals surface area contributed by atoms with E-state index in [1.165, 1.54) is 5.56 Å². The van der Waals surface area contributed by atoms with Crippen LogP contribution >= 0.6 is 43.6 Å². The maximum Gasteiger partial charge on any atom is 0.336 e. The van der Waals surface area contributed by atoms with Crippen LogP contribution < -0.4 is 0 Å². The second-order valence-electron chi connectivity index (χ2n) is 3.86. The Bertz CT molecular complexity index is 597. The van der Waals surface area contributed by atoms with Crippen molar-refractivity contribution in [2.75, 3.05) is 0 Å². The van der Waals surface area contributed by atoms with Crippen LogP contribution in [0.5, 0.6) is 0 Å². The van der Waals surface area contributed by atoms with Gasteiger partial charge < -0.3 is 5.11 Å². The van der Waals surface area contributed by atoms with Crippen LogP contribution in [0.1, 0.15) is 15.9 Å². The van der Waals surface area contributed by atoms with Crippen LogP contribution in [0.2, 0.25) is 0 Å². The van der Waals surface area contributed by atoms with Crippen LogP contribution in [0, 0.1) is 0 Å². The van der Waals surface area contributed by atoms with Gasteiger partial charge in [-0.1, -0.05) is 28.1 Å². The summed E-state index contributed by atoms with van der Waals surface area (Å²) < 4.78 is 1.66. The van der Waals surface area contributed by atoms with Crippen molar-refractivity contribution in [2.24, 2.45) is 0 Å². The molecule has 0 fully saturated rings. The van der Waals surface area contributed by atoms with Crippen molar-refractivity contribution in [2.45, 2.75) is 10.6 Å². The number of halogens is 2. The molecule has 1 N–H and O–H groups in total. The molecule has 0 aliphatic rings. The maximum absolute atomic E-state index is 11.0. The predicted octanol–water partition coefficient (Wildman–Crippen LogP) is 5.20. The molecule has 0 saturated heterocycles. The smallest absolute Gasteiger partial charge is 0.336 e. The summed E-state index contributed by atoms with van der Waals surface area (Å²) in [5, 5.41) is 9.06. The van der Waals surface area contributed by atoms with Crippen LogP contribution in [0.4, 0.5) is 0 Å². The minimum absolute atomic E-state index is 0.292. The molecule has 0 saturated carbocycles. The van der Waals surface area contributed by atoms with Crippen molar-refractivity contribution >= 4 is 49.6 Å². The van der Waals surface area contributed by atoms with Gasteiger partial charge in [-0.2, -0.15) is 0 Å². The van der Waals surface area contributed by atoms with E-state index in [9.17, 15) is 4.79 Å². The molecule has 0 aliphatic carbocycles. The lowest BCUT2D eigenvalue weighted by molar-refractivity contribution is 0.0695. The van der Waals surface area contributed by atoms with Crippen molar-refractivity contribution in [3.63, 3.8) is 0 Å². The van der Waals surface area contributed by atoms with E-state index in [1.807, 2.05) is 30.3 Å². The zero-order chi connectivity index (χ0) is 13.8. The summed E-state index contributed by atoms with van der Waals surface area (Å²) in [5.74, 6) is -0.105. The largest absolute Gasteiger partial charge is 0.478 e. The van der Waals surface area contributed by atoms with Gasteiger partial charge in [0.1, 0.15) is 0 Å². The Hall–Kier alpha value is -0.780. The number of thioether (sulfide) groups is 1. The minimum Gasteiger partial charge on any atom is -0.478 e. The molecule has 2 nitrogen and oxygen atoms in total. The van der Waals surface area contributed by atoms with Crippen LogP contribution in [-0.4, -0.2) is 11.1 Å². The van der Waals surface area contributed by atoms with Gasteiger partial charge in [0.2, 0.25) is 0 Å².